The average molecular weight is 261 g/mol. The fourth-order valence-corrected chi connectivity index (χ4v) is 2.79. The zero-order valence-corrected chi connectivity index (χ0v) is 12.0. The fraction of sp³-hybridized carbons (Fsp3) is 0.562. The van der Waals surface area contributed by atoms with Crippen molar-refractivity contribution >= 4 is 5.91 Å². The predicted molar refractivity (Wildman–Crippen MR) is 76.2 cm³/mol. The molecule has 1 N–H and O–H groups in total. The van der Waals surface area contributed by atoms with Gasteiger partial charge in [0.15, 0.2) is 0 Å². The Balaban J connectivity index is 2.08. The summed E-state index contributed by atoms with van der Waals surface area (Å²) in [7, 11) is 1.67. The summed E-state index contributed by atoms with van der Waals surface area (Å²) in [5.41, 5.74) is 2.23. The van der Waals surface area contributed by atoms with Crippen LogP contribution in [0.25, 0.3) is 0 Å². The largest absolute Gasteiger partial charge is 0.496 e. The molecule has 1 saturated carbocycles. The number of methoxy groups -OCH3 is 1. The van der Waals surface area contributed by atoms with Gasteiger partial charge in [-0.1, -0.05) is 30.5 Å². The molecule has 1 unspecified atom stereocenters. The Kier molecular flexibility index (Phi) is 4.46. The van der Waals surface area contributed by atoms with E-state index < -0.39 is 0 Å². The third-order valence-corrected chi connectivity index (χ3v) is 3.94. The number of ether oxygens (including phenoxy) is 1. The molecule has 1 amide bonds. The number of hydrogen-bond donors (Lipinski definition) is 1. The third-order valence-electron chi connectivity index (χ3n) is 3.94. The Morgan fingerprint density at radius 1 is 1.37 bits per heavy atom. The molecule has 1 atom stereocenters. The van der Waals surface area contributed by atoms with Crippen molar-refractivity contribution in [3.63, 3.8) is 0 Å². The van der Waals surface area contributed by atoms with Gasteiger partial charge >= 0.3 is 0 Å². The minimum Gasteiger partial charge on any atom is -0.496 e. The Hall–Kier alpha value is -1.51. The number of hydrogen-bond acceptors (Lipinski definition) is 2. The van der Waals surface area contributed by atoms with Crippen LogP contribution in [0.4, 0.5) is 0 Å². The quantitative estimate of drug-likeness (QED) is 0.902. The lowest BCUT2D eigenvalue weighted by Crippen LogP contribution is -2.31. The predicted octanol–water partition coefficient (Wildman–Crippen LogP) is 3.37. The summed E-state index contributed by atoms with van der Waals surface area (Å²) >= 11 is 0. The smallest absolute Gasteiger partial charge is 0.223 e. The molecule has 0 aromatic heterocycles. The lowest BCUT2D eigenvalue weighted by atomic mass is 10.0. The topological polar surface area (TPSA) is 38.3 Å². The maximum Gasteiger partial charge on any atom is 0.223 e. The first-order valence-electron chi connectivity index (χ1n) is 7.06. The van der Waals surface area contributed by atoms with E-state index in [-0.39, 0.29) is 17.9 Å². The van der Waals surface area contributed by atoms with Gasteiger partial charge in [0.25, 0.3) is 0 Å². The highest BCUT2D eigenvalue weighted by atomic mass is 16.5. The van der Waals surface area contributed by atoms with Gasteiger partial charge in [-0.2, -0.15) is 0 Å². The molecule has 3 heteroatoms. The maximum atomic E-state index is 12.2. The number of nitrogens with one attached hydrogen (secondary N) is 1. The van der Waals surface area contributed by atoms with Crippen LogP contribution in [0.15, 0.2) is 18.2 Å². The van der Waals surface area contributed by atoms with Gasteiger partial charge in [-0.3, -0.25) is 4.79 Å². The van der Waals surface area contributed by atoms with Gasteiger partial charge in [-0.05, 0) is 32.8 Å². The van der Waals surface area contributed by atoms with Crippen LogP contribution in [0.3, 0.4) is 0 Å². The van der Waals surface area contributed by atoms with Crippen LogP contribution in [0.1, 0.15) is 49.8 Å². The van der Waals surface area contributed by atoms with E-state index >= 15 is 0 Å². The molecular formula is C16H23NO2. The van der Waals surface area contributed by atoms with Crippen LogP contribution in [0.5, 0.6) is 5.75 Å². The molecule has 0 radical (unpaired) electrons. The molecule has 0 heterocycles. The number of amides is 1. The summed E-state index contributed by atoms with van der Waals surface area (Å²) in [6, 6.07) is 6.05. The molecule has 2 rings (SSSR count). The molecule has 1 aromatic rings. The molecule has 0 bridgehead atoms. The van der Waals surface area contributed by atoms with Crippen molar-refractivity contribution in [1.29, 1.82) is 0 Å². The van der Waals surface area contributed by atoms with Gasteiger partial charge in [0, 0.05) is 11.5 Å². The standard InChI is InChI=1S/C16H23NO2/c1-11-8-9-15(19-3)14(10-11)12(2)17-16(18)13-6-4-5-7-13/h8-10,12-13H,4-7H2,1-3H3,(H,17,18). The van der Waals surface area contributed by atoms with Crippen molar-refractivity contribution in [2.45, 2.75) is 45.6 Å². The lowest BCUT2D eigenvalue weighted by Gasteiger charge is -2.20. The van der Waals surface area contributed by atoms with Crippen molar-refractivity contribution in [3.05, 3.63) is 29.3 Å². The van der Waals surface area contributed by atoms with Gasteiger partial charge < -0.3 is 10.1 Å². The average Bonchev–Trinajstić information content (AvgIpc) is 2.92. The normalized spacial score (nSPS) is 17.2. The molecule has 3 nitrogen and oxygen atoms in total. The zero-order chi connectivity index (χ0) is 13.8. The number of carbonyl (C=O) groups excluding carboxylic acids is 1. The van der Waals surface area contributed by atoms with E-state index in [2.05, 4.69) is 18.3 Å². The van der Waals surface area contributed by atoms with Crippen molar-refractivity contribution < 1.29 is 9.53 Å². The number of carbonyl (C=O) groups is 1. The Morgan fingerprint density at radius 2 is 2.05 bits per heavy atom. The second-order valence-electron chi connectivity index (χ2n) is 5.46. The SMILES string of the molecule is COc1ccc(C)cc1C(C)NC(=O)C1CCCC1. The molecule has 19 heavy (non-hydrogen) atoms. The third kappa shape index (κ3) is 3.28. The molecule has 1 aromatic carbocycles. The van der Waals surface area contributed by atoms with E-state index in [9.17, 15) is 4.79 Å². The summed E-state index contributed by atoms with van der Waals surface area (Å²) < 4.78 is 5.38. The Labute approximate surface area is 115 Å². The van der Waals surface area contributed by atoms with Gasteiger partial charge in [0.1, 0.15) is 5.75 Å². The van der Waals surface area contributed by atoms with Crippen molar-refractivity contribution in [1.82, 2.24) is 5.32 Å². The van der Waals surface area contributed by atoms with Crippen molar-refractivity contribution in [2.75, 3.05) is 7.11 Å². The van der Waals surface area contributed by atoms with Crippen LogP contribution in [0, 0.1) is 12.8 Å². The second-order valence-corrected chi connectivity index (χ2v) is 5.46. The molecule has 0 saturated heterocycles. The maximum absolute atomic E-state index is 12.2. The zero-order valence-electron chi connectivity index (χ0n) is 12.0. The van der Waals surface area contributed by atoms with Crippen LogP contribution < -0.4 is 10.1 Å². The summed E-state index contributed by atoms with van der Waals surface area (Å²) in [5.74, 6) is 1.23. The highest BCUT2D eigenvalue weighted by Gasteiger charge is 2.24. The first-order chi connectivity index (χ1) is 9.11. The van der Waals surface area contributed by atoms with Gasteiger partial charge in [-0.25, -0.2) is 0 Å². The van der Waals surface area contributed by atoms with E-state index in [1.54, 1.807) is 7.11 Å². The van der Waals surface area contributed by atoms with Gasteiger partial charge in [0.2, 0.25) is 5.91 Å². The van der Waals surface area contributed by atoms with E-state index in [1.807, 2.05) is 19.1 Å². The van der Waals surface area contributed by atoms with Crippen molar-refractivity contribution in [3.8, 4) is 5.75 Å². The Bertz CT molecular complexity index is 450. The number of rotatable bonds is 4. The summed E-state index contributed by atoms with van der Waals surface area (Å²) in [5, 5.41) is 3.12. The van der Waals surface area contributed by atoms with Crippen LogP contribution in [-0.2, 0) is 4.79 Å². The minimum atomic E-state index is -0.0112. The fourth-order valence-electron chi connectivity index (χ4n) is 2.79. The lowest BCUT2D eigenvalue weighted by molar-refractivity contribution is -0.125. The van der Waals surface area contributed by atoms with E-state index in [0.29, 0.717) is 0 Å². The molecule has 0 spiro atoms. The highest BCUT2D eigenvalue weighted by molar-refractivity contribution is 5.79. The molecular weight excluding hydrogens is 238 g/mol. The number of benzene rings is 1. The highest BCUT2D eigenvalue weighted by Crippen LogP contribution is 2.28. The summed E-state index contributed by atoms with van der Waals surface area (Å²) in [6.45, 7) is 4.07. The van der Waals surface area contributed by atoms with Gasteiger partial charge in [-0.15, -0.1) is 0 Å². The monoisotopic (exact) mass is 261 g/mol. The number of aryl methyl sites for hydroxylation is 1. The van der Waals surface area contributed by atoms with Crippen molar-refractivity contribution in [2.24, 2.45) is 5.92 Å². The van der Waals surface area contributed by atoms with Crippen LogP contribution >= 0.6 is 0 Å². The summed E-state index contributed by atoms with van der Waals surface area (Å²) in [4.78, 5) is 12.2. The first-order valence-corrected chi connectivity index (χ1v) is 7.06. The van der Waals surface area contributed by atoms with Gasteiger partial charge in [0.05, 0.1) is 13.2 Å². The molecule has 1 aliphatic rings. The molecule has 1 aliphatic carbocycles. The second kappa shape index (κ2) is 6.09. The van der Waals surface area contributed by atoms with Crippen LogP contribution in [-0.4, -0.2) is 13.0 Å². The molecule has 1 fully saturated rings. The first kappa shape index (κ1) is 13.9. The Morgan fingerprint density at radius 3 is 2.68 bits per heavy atom. The molecule has 104 valence electrons. The summed E-state index contributed by atoms with van der Waals surface area (Å²) in [6.07, 6.45) is 4.42. The molecule has 0 aliphatic heterocycles. The van der Waals surface area contributed by atoms with Crippen LogP contribution in [0.2, 0.25) is 0 Å². The van der Waals surface area contributed by atoms with E-state index in [0.717, 1.165) is 24.2 Å². The van der Waals surface area contributed by atoms with E-state index in [4.69, 9.17) is 4.74 Å². The van der Waals surface area contributed by atoms with E-state index in [1.165, 1.54) is 18.4 Å². The minimum absolute atomic E-state index is 0.0112.